The summed E-state index contributed by atoms with van der Waals surface area (Å²) in [5.41, 5.74) is 0. The summed E-state index contributed by atoms with van der Waals surface area (Å²) in [6.07, 6.45) is 10.8. The Morgan fingerprint density at radius 3 is 2.63 bits per heavy atom. The molecule has 0 radical (unpaired) electrons. The van der Waals surface area contributed by atoms with Crippen molar-refractivity contribution < 1.29 is 0 Å². The quantitative estimate of drug-likeness (QED) is 0.826. The van der Waals surface area contributed by atoms with Gasteiger partial charge in [-0.05, 0) is 50.5 Å². The molecule has 19 heavy (non-hydrogen) atoms. The molecule has 0 aromatic carbocycles. The number of fused-ring (bicyclic) bond motifs is 1. The van der Waals surface area contributed by atoms with Gasteiger partial charge in [0.25, 0.3) is 0 Å². The molecular formula is C16H27N3. The van der Waals surface area contributed by atoms with Crippen LogP contribution in [0.15, 0.2) is 0 Å². The van der Waals surface area contributed by atoms with Gasteiger partial charge in [-0.15, -0.1) is 0 Å². The van der Waals surface area contributed by atoms with E-state index in [-0.39, 0.29) is 6.04 Å². The lowest BCUT2D eigenvalue weighted by Gasteiger charge is -2.41. The Labute approximate surface area is 117 Å². The van der Waals surface area contributed by atoms with E-state index in [4.69, 9.17) is 0 Å². The molecule has 2 saturated carbocycles. The molecule has 3 rings (SSSR count). The second-order valence-electron chi connectivity index (χ2n) is 6.81. The molecule has 0 amide bonds. The summed E-state index contributed by atoms with van der Waals surface area (Å²) in [6.45, 7) is 3.68. The number of nitrogens with one attached hydrogen (secondary N) is 1. The lowest BCUT2D eigenvalue weighted by Crippen LogP contribution is -2.43. The molecule has 1 N–H and O–H groups in total. The summed E-state index contributed by atoms with van der Waals surface area (Å²) < 4.78 is 0. The molecule has 0 bridgehead atoms. The van der Waals surface area contributed by atoms with E-state index >= 15 is 0 Å². The molecule has 1 heterocycles. The Kier molecular flexibility index (Phi) is 4.40. The van der Waals surface area contributed by atoms with E-state index in [1.165, 1.54) is 58.0 Å². The van der Waals surface area contributed by atoms with Gasteiger partial charge in [-0.2, -0.15) is 5.26 Å². The summed E-state index contributed by atoms with van der Waals surface area (Å²) in [5, 5.41) is 12.6. The highest BCUT2D eigenvalue weighted by Gasteiger charge is 2.31. The van der Waals surface area contributed by atoms with Crippen LogP contribution in [0.4, 0.5) is 0 Å². The monoisotopic (exact) mass is 261 g/mol. The maximum Gasteiger partial charge on any atom is 0.0967 e. The lowest BCUT2D eigenvalue weighted by atomic mass is 9.75. The summed E-state index contributed by atoms with van der Waals surface area (Å²) in [5.74, 6) is 1.97. The fourth-order valence-corrected chi connectivity index (χ4v) is 3.91. The highest BCUT2D eigenvalue weighted by Crippen LogP contribution is 2.36. The van der Waals surface area contributed by atoms with Crippen molar-refractivity contribution in [2.75, 3.05) is 19.6 Å². The topological polar surface area (TPSA) is 39.1 Å². The minimum absolute atomic E-state index is 0.0802. The molecule has 2 aliphatic carbocycles. The average Bonchev–Trinajstić information content (AvgIpc) is 3.27. The molecule has 3 aliphatic rings. The molecule has 3 heteroatoms. The summed E-state index contributed by atoms with van der Waals surface area (Å²) in [6, 6.07) is 3.16. The maximum absolute atomic E-state index is 9.19. The molecule has 0 aromatic rings. The van der Waals surface area contributed by atoms with E-state index < -0.39 is 0 Å². The highest BCUT2D eigenvalue weighted by molar-refractivity contribution is 4.96. The molecule has 0 spiro atoms. The second kappa shape index (κ2) is 6.24. The zero-order valence-corrected chi connectivity index (χ0v) is 12.0. The van der Waals surface area contributed by atoms with Crippen molar-refractivity contribution in [2.45, 2.75) is 63.5 Å². The number of likely N-dealkylation sites (tertiary alicyclic amines) is 1. The van der Waals surface area contributed by atoms with Crippen LogP contribution >= 0.6 is 0 Å². The first-order valence-corrected chi connectivity index (χ1v) is 8.23. The number of hydrogen-bond acceptors (Lipinski definition) is 3. The van der Waals surface area contributed by atoms with Gasteiger partial charge in [-0.1, -0.05) is 19.3 Å². The van der Waals surface area contributed by atoms with Gasteiger partial charge in [0, 0.05) is 19.1 Å². The normalized spacial score (nSPS) is 33.4. The summed E-state index contributed by atoms with van der Waals surface area (Å²) in [4.78, 5) is 2.62. The van der Waals surface area contributed by atoms with Crippen molar-refractivity contribution in [3.63, 3.8) is 0 Å². The zero-order chi connectivity index (χ0) is 13.1. The first kappa shape index (κ1) is 13.4. The van der Waals surface area contributed by atoms with Crippen molar-refractivity contribution in [3.8, 4) is 6.07 Å². The van der Waals surface area contributed by atoms with Crippen LogP contribution in [0.2, 0.25) is 0 Å². The van der Waals surface area contributed by atoms with E-state index in [0.29, 0.717) is 6.04 Å². The van der Waals surface area contributed by atoms with Crippen LogP contribution in [-0.2, 0) is 0 Å². The molecule has 3 atom stereocenters. The predicted molar refractivity (Wildman–Crippen MR) is 76.7 cm³/mol. The van der Waals surface area contributed by atoms with Gasteiger partial charge in [0.15, 0.2) is 0 Å². The number of nitriles is 1. The van der Waals surface area contributed by atoms with Gasteiger partial charge < -0.3 is 4.90 Å². The molecule has 3 fully saturated rings. The average molecular weight is 261 g/mol. The molecule has 106 valence electrons. The number of hydrogen-bond donors (Lipinski definition) is 1. The van der Waals surface area contributed by atoms with E-state index in [1.807, 2.05) is 0 Å². The summed E-state index contributed by atoms with van der Waals surface area (Å²) >= 11 is 0. The van der Waals surface area contributed by atoms with Crippen molar-refractivity contribution in [1.29, 1.82) is 5.26 Å². The van der Waals surface area contributed by atoms with Gasteiger partial charge in [0.2, 0.25) is 0 Å². The Morgan fingerprint density at radius 1 is 1.11 bits per heavy atom. The maximum atomic E-state index is 9.19. The molecule has 3 nitrogen and oxygen atoms in total. The van der Waals surface area contributed by atoms with Crippen LogP contribution in [0, 0.1) is 23.2 Å². The summed E-state index contributed by atoms with van der Waals surface area (Å²) in [7, 11) is 0. The van der Waals surface area contributed by atoms with Gasteiger partial charge in [0.05, 0.1) is 12.1 Å². The number of piperidine rings is 1. The molecule has 1 aliphatic heterocycles. The van der Waals surface area contributed by atoms with Gasteiger partial charge in [0.1, 0.15) is 0 Å². The Hall–Kier alpha value is -0.590. The molecule has 0 aromatic heterocycles. The van der Waals surface area contributed by atoms with Crippen molar-refractivity contribution in [3.05, 3.63) is 0 Å². The highest BCUT2D eigenvalue weighted by atomic mass is 15.1. The predicted octanol–water partition coefficient (Wildman–Crippen LogP) is 2.53. The van der Waals surface area contributed by atoms with E-state index in [0.717, 1.165) is 24.8 Å². The Bertz CT molecular complexity index is 331. The standard InChI is InChI=1S/C16H27N3/c17-11-16(18-15-5-6-15)8-10-19-9-7-13-3-1-2-4-14(13)12-19/h13-16,18H,1-10,12H2. The van der Waals surface area contributed by atoms with Crippen molar-refractivity contribution in [2.24, 2.45) is 11.8 Å². The van der Waals surface area contributed by atoms with Crippen molar-refractivity contribution in [1.82, 2.24) is 10.2 Å². The van der Waals surface area contributed by atoms with Crippen LogP contribution in [-0.4, -0.2) is 36.6 Å². The van der Waals surface area contributed by atoms with Crippen LogP contribution < -0.4 is 5.32 Å². The van der Waals surface area contributed by atoms with Gasteiger partial charge in [-0.3, -0.25) is 5.32 Å². The van der Waals surface area contributed by atoms with Gasteiger partial charge in [-0.25, -0.2) is 0 Å². The fraction of sp³-hybridized carbons (Fsp3) is 0.938. The van der Waals surface area contributed by atoms with Crippen LogP contribution in [0.5, 0.6) is 0 Å². The van der Waals surface area contributed by atoms with E-state index in [1.54, 1.807) is 0 Å². The van der Waals surface area contributed by atoms with Crippen LogP contribution in [0.1, 0.15) is 51.4 Å². The first-order valence-electron chi connectivity index (χ1n) is 8.23. The van der Waals surface area contributed by atoms with Crippen LogP contribution in [0.25, 0.3) is 0 Å². The van der Waals surface area contributed by atoms with Crippen LogP contribution in [0.3, 0.4) is 0 Å². The number of rotatable bonds is 5. The second-order valence-corrected chi connectivity index (χ2v) is 6.81. The smallest absolute Gasteiger partial charge is 0.0967 e. The van der Waals surface area contributed by atoms with Crippen molar-refractivity contribution >= 4 is 0 Å². The number of nitrogens with zero attached hydrogens (tertiary/aromatic N) is 2. The third kappa shape index (κ3) is 3.70. The lowest BCUT2D eigenvalue weighted by molar-refractivity contribution is 0.0850. The zero-order valence-electron chi connectivity index (χ0n) is 12.0. The minimum atomic E-state index is 0.0802. The third-order valence-corrected chi connectivity index (χ3v) is 5.28. The fourth-order valence-electron chi connectivity index (χ4n) is 3.91. The molecular weight excluding hydrogens is 234 g/mol. The van der Waals surface area contributed by atoms with E-state index in [9.17, 15) is 5.26 Å². The first-order chi connectivity index (χ1) is 9.35. The third-order valence-electron chi connectivity index (χ3n) is 5.28. The Balaban J connectivity index is 1.41. The molecule has 3 unspecified atom stereocenters. The van der Waals surface area contributed by atoms with E-state index in [2.05, 4.69) is 16.3 Å². The minimum Gasteiger partial charge on any atom is -0.303 e. The largest absolute Gasteiger partial charge is 0.303 e. The van der Waals surface area contributed by atoms with Gasteiger partial charge >= 0.3 is 0 Å². The SMILES string of the molecule is N#CC(CCN1CCC2CCCCC2C1)NC1CC1. The molecule has 1 saturated heterocycles. The Morgan fingerprint density at radius 2 is 1.89 bits per heavy atom.